The molecule has 1 saturated carbocycles. The minimum atomic E-state index is -0.407. The van der Waals surface area contributed by atoms with E-state index in [0.29, 0.717) is 25.7 Å². The highest BCUT2D eigenvalue weighted by Crippen LogP contribution is 2.50. The first kappa shape index (κ1) is 14.9. The summed E-state index contributed by atoms with van der Waals surface area (Å²) in [5, 5.41) is 0. The van der Waals surface area contributed by atoms with Gasteiger partial charge in [-0.15, -0.1) is 0 Å². The Bertz CT molecular complexity index is 800. The fourth-order valence-corrected chi connectivity index (χ4v) is 4.04. The summed E-state index contributed by atoms with van der Waals surface area (Å²) in [5.74, 6) is 1.06. The number of benzene rings is 2. The molecule has 0 radical (unpaired) electrons. The van der Waals surface area contributed by atoms with Crippen molar-refractivity contribution < 1.29 is 14.3 Å². The molecule has 1 fully saturated rings. The molecular weight excluding hydrogens is 302 g/mol. The molecule has 1 amide bonds. The maximum atomic E-state index is 13.1. The lowest BCUT2D eigenvalue weighted by Gasteiger charge is -2.41. The molecule has 1 spiro atoms. The standard InChI is InChI=1S/C20H19NO3/c1-24-16-8-6-14(7-9-16)21-19(23)17-4-2-3-5-18(17)20(21)12-10-15(22)11-13-20/h2-9H,10-13H2,1H3. The van der Waals surface area contributed by atoms with E-state index in [1.807, 2.05) is 53.4 Å². The van der Waals surface area contributed by atoms with Crippen LogP contribution >= 0.6 is 0 Å². The van der Waals surface area contributed by atoms with Gasteiger partial charge in [0.1, 0.15) is 11.5 Å². The number of Topliss-reactive ketones (excluding diaryl/α,β-unsaturated/α-hetero) is 1. The number of rotatable bonds is 2. The monoisotopic (exact) mass is 321 g/mol. The molecule has 4 nitrogen and oxygen atoms in total. The van der Waals surface area contributed by atoms with Gasteiger partial charge in [0.15, 0.2) is 0 Å². The van der Waals surface area contributed by atoms with E-state index >= 15 is 0 Å². The molecule has 122 valence electrons. The van der Waals surface area contributed by atoms with Gasteiger partial charge in [-0.25, -0.2) is 0 Å². The first-order valence-corrected chi connectivity index (χ1v) is 8.25. The van der Waals surface area contributed by atoms with Gasteiger partial charge < -0.3 is 4.74 Å². The van der Waals surface area contributed by atoms with E-state index < -0.39 is 5.54 Å². The second-order valence-electron chi connectivity index (χ2n) is 6.45. The van der Waals surface area contributed by atoms with E-state index in [2.05, 4.69) is 0 Å². The molecule has 0 saturated heterocycles. The lowest BCUT2D eigenvalue weighted by atomic mass is 9.76. The van der Waals surface area contributed by atoms with Gasteiger partial charge in [0.2, 0.25) is 0 Å². The van der Waals surface area contributed by atoms with Gasteiger partial charge in [0, 0.05) is 24.1 Å². The third kappa shape index (κ3) is 2.06. The minimum Gasteiger partial charge on any atom is -0.497 e. The second-order valence-corrected chi connectivity index (χ2v) is 6.45. The predicted octanol–water partition coefficient (Wildman–Crippen LogP) is 3.69. The van der Waals surface area contributed by atoms with Crippen LogP contribution in [0.1, 0.15) is 41.6 Å². The predicted molar refractivity (Wildman–Crippen MR) is 91.4 cm³/mol. The number of anilines is 1. The van der Waals surface area contributed by atoms with Crippen LogP contribution in [0.25, 0.3) is 0 Å². The van der Waals surface area contributed by atoms with Crippen LogP contribution < -0.4 is 9.64 Å². The molecule has 2 aliphatic rings. The summed E-state index contributed by atoms with van der Waals surface area (Å²) in [6, 6.07) is 15.4. The fourth-order valence-electron chi connectivity index (χ4n) is 4.04. The van der Waals surface area contributed by atoms with Crippen LogP contribution in [0.4, 0.5) is 5.69 Å². The highest BCUT2D eigenvalue weighted by atomic mass is 16.5. The van der Waals surface area contributed by atoms with Gasteiger partial charge >= 0.3 is 0 Å². The first-order valence-electron chi connectivity index (χ1n) is 8.25. The Morgan fingerprint density at radius 3 is 2.29 bits per heavy atom. The Morgan fingerprint density at radius 2 is 1.62 bits per heavy atom. The number of ether oxygens (including phenoxy) is 1. The maximum absolute atomic E-state index is 13.1. The van der Waals surface area contributed by atoms with Crippen molar-refractivity contribution in [3.05, 3.63) is 59.7 Å². The average molecular weight is 321 g/mol. The molecule has 1 aliphatic carbocycles. The van der Waals surface area contributed by atoms with Gasteiger partial charge in [-0.2, -0.15) is 0 Å². The second kappa shape index (κ2) is 5.48. The normalized spacial score (nSPS) is 18.8. The first-order chi connectivity index (χ1) is 11.7. The van der Waals surface area contributed by atoms with E-state index in [4.69, 9.17) is 4.74 Å². The van der Waals surface area contributed by atoms with Crippen molar-refractivity contribution in [2.24, 2.45) is 0 Å². The smallest absolute Gasteiger partial charge is 0.259 e. The van der Waals surface area contributed by atoms with Gasteiger partial charge in [-0.05, 0) is 48.7 Å². The van der Waals surface area contributed by atoms with Crippen LogP contribution in [0.15, 0.2) is 48.5 Å². The van der Waals surface area contributed by atoms with Gasteiger partial charge in [0.25, 0.3) is 5.91 Å². The summed E-state index contributed by atoms with van der Waals surface area (Å²) in [6.07, 6.45) is 2.41. The van der Waals surface area contributed by atoms with Crippen molar-refractivity contribution in [3.63, 3.8) is 0 Å². The molecular formula is C20H19NO3. The lowest BCUT2D eigenvalue weighted by Crippen LogP contribution is -2.46. The van der Waals surface area contributed by atoms with Crippen LogP contribution in [0.2, 0.25) is 0 Å². The molecule has 0 atom stereocenters. The Morgan fingerprint density at radius 1 is 0.958 bits per heavy atom. The average Bonchev–Trinajstić information content (AvgIpc) is 2.87. The maximum Gasteiger partial charge on any atom is 0.259 e. The Kier molecular flexibility index (Phi) is 3.41. The molecule has 2 aromatic rings. The Labute approximate surface area is 141 Å². The fraction of sp³-hybridized carbons (Fsp3) is 0.300. The van der Waals surface area contributed by atoms with Crippen LogP contribution in [0, 0.1) is 0 Å². The number of fused-ring (bicyclic) bond motifs is 2. The number of hydrogen-bond acceptors (Lipinski definition) is 3. The van der Waals surface area contributed by atoms with Crippen LogP contribution in [0.5, 0.6) is 5.75 Å². The van der Waals surface area contributed by atoms with E-state index in [1.165, 1.54) is 0 Å². The SMILES string of the molecule is COc1ccc(N2C(=O)c3ccccc3C23CCC(=O)CC3)cc1. The molecule has 1 aliphatic heterocycles. The van der Waals surface area contributed by atoms with Crippen molar-refractivity contribution in [3.8, 4) is 5.75 Å². The highest BCUT2D eigenvalue weighted by Gasteiger charge is 2.51. The molecule has 4 heteroatoms. The zero-order chi connectivity index (χ0) is 16.7. The summed E-state index contributed by atoms with van der Waals surface area (Å²) in [7, 11) is 1.63. The summed E-state index contributed by atoms with van der Waals surface area (Å²) >= 11 is 0. The summed E-state index contributed by atoms with van der Waals surface area (Å²) < 4.78 is 5.22. The van der Waals surface area contributed by atoms with Gasteiger partial charge in [-0.3, -0.25) is 14.5 Å². The third-order valence-corrected chi connectivity index (χ3v) is 5.26. The van der Waals surface area contributed by atoms with Gasteiger partial charge in [-0.1, -0.05) is 18.2 Å². The number of nitrogens with zero attached hydrogens (tertiary/aromatic N) is 1. The van der Waals surface area contributed by atoms with E-state index in [-0.39, 0.29) is 11.7 Å². The molecule has 0 aromatic heterocycles. The highest BCUT2D eigenvalue weighted by molar-refractivity contribution is 6.12. The number of carbonyl (C=O) groups is 2. The van der Waals surface area contributed by atoms with Crippen molar-refractivity contribution in [1.29, 1.82) is 0 Å². The topological polar surface area (TPSA) is 46.6 Å². The van der Waals surface area contributed by atoms with Crippen molar-refractivity contribution >= 4 is 17.4 Å². The number of hydrogen-bond donors (Lipinski definition) is 0. The summed E-state index contributed by atoms with van der Waals surface area (Å²) in [6.45, 7) is 0. The molecule has 2 aromatic carbocycles. The summed E-state index contributed by atoms with van der Waals surface area (Å²) in [4.78, 5) is 26.8. The number of amides is 1. The van der Waals surface area contributed by atoms with Crippen molar-refractivity contribution in [2.45, 2.75) is 31.2 Å². The van der Waals surface area contributed by atoms with Gasteiger partial charge in [0.05, 0.1) is 12.6 Å². The zero-order valence-corrected chi connectivity index (χ0v) is 13.6. The van der Waals surface area contributed by atoms with Crippen LogP contribution in [-0.2, 0) is 10.3 Å². The Hall–Kier alpha value is -2.62. The molecule has 24 heavy (non-hydrogen) atoms. The van der Waals surface area contributed by atoms with Crippen LogP contribution in [-0.4, -0.2) is 18.8 Å². The number of carbonyl (C=O) groups excluding carboxylic acids is 2. The number of methoxy groups -OCH3 is 1. The van der Waals surface area contributed by atoms with Crippen molar-refractivity contribution in [2.75, 3.05) is 12.0 Å². The summed E-state index contributed by atoms with van der Waals surface area (Å²) in [5.41, 5.74) is 2.25. The third-order valence-electron chi connectivity index (χ3n) is 5.26. The van der Waals surface area contributed by atoms with Crippen LogP contribution in [0.3, 0.4) is 0 Å². The molecule has 4 rings (SSSR count). The zero-order valence-electron chi connectivity index (χ0n) is 13.6. The largest absolute Gasteiger partial charge is 0.497 e. The van der Waals surface area contributed by atoms with E-state index in [1.54, 1.807) is 7.11 Å². The molecule has 1 heterocycles. The van der Waals surface area contributed by atoms with E-state index in [9.17, 15) is 9.59 Å². The number of ketones is 1. The quantitative estimate of drug-likeness (QED) is 0.847. The minimum absolute atomic E-state index is 0.0186. The van der Waals surface area contributed by atoms with E-state index in [0.717, 1.165) is 22.6 Å². The van der Waals surface area contributed by atoms with Crippen molar-refractivity contribution in [1.82, 2.24) is 0 Å². The lowest BCUT2D eigenvalue weighted by molar-refractivity contribution is -0.121. The Balaban J connectivity index is 1.85. The molecule has 0 unspecified atom stereocenters. The molecule has 0 bridgehead atoms. The molecule has 0 N–H and O–H groups in total.